The minimum atomic E-state index is -0.428. The van der Waals surface area contributed by atoms with Crippen LogP contribution in [-0.2, 0) is 0 Å². The highest BCUT2D eigenvalue weighted by Crippen LogP contribution is 2.34. The van der Waals surface area contributed by atoms with Crippen LogP contribution in [0.4, 0.5) is 10.1 Å². The number of rotatable bonds is 3. The summed E-state index contributed by atoms with van der Waals surface area (Å²) in [5.41, 5.74) is 4.20. The van der Waals surface area contributed by atoms with Crippen molar-refractivity contribution < 1.29 is 9.13 Å². The third-order valence-corrected chi connectivity index (χ3v) is 6.40. The molecule has 0 saturated carbocycles. The largest absolute Gasteiger partial charge is 0.494 e. The first-order valence-electron chi connectivity index (χ1n) is 10.1. The number of nitrogens with zero attached hydrogens (tertiary/aromatic N) is 5. The maximum atomic E-state index is 14.1. The van der Waals surface area contributed by atoms with E-state index in [-0.39, 0.29) is 5.75 Å². The molecule has 3 aromatic heterocycles. The summed E-state index contributed by atoms with van der Waals surface area (Å²) in [6, 6.07) is 4.98. The molecule has 0 bridgehead atoms. The highest BCUT2D eigenvalue weighted by atomic mass is 19.1. The van der Waals surface area contributed by atoms with Crippen LogP contribution in [0.1, 0.15) is 0 Å². The number of aromatic nitrogens is 4. The maximum Gasteiger partial charge on any atom is 0.167 e. The Hall–Kier alpha value is -3.26. The second kappa shape index (κ2) is 6.63. The molecule has 8 heteroatoms. The second-order valence-corrected chi connectivity index (χ2v) is 8.08. The van der Waals surface area contributed by atoms with Crippen LogP contribution in [0.15, 0.2) is 43.0 Å². The first kappa shape index (κ1) is 17.6. The van der Waals surface area contributed by atoms with Crippen LogP contribution in [0.5, 0.6) is 5.75 Å². The van der Waals surface area contributed by atoms with Gasteiger partial charge >= 0.3 is 0 Å². The van der Waals surface area contributed by atoms with Gasteiger partial charge in [0.05, 0.1) is 36.9 Å². The molecule has 2 fully saturated rings. The van der Waals surface area contributed by atoms with Crippen molar-refractivity contribution in [3.8, 4) is 16.9 Å². The summed E-state index contributed by atoms with van der Waals surface area (Å²) in [7, 11) is 1.46. The van der Waals surface area contributed by atoms with E-state index in [1.807, 2.05) is 23.0 Å². The molecule has 0 radical (unpaired) electrons. The summed E-state index contributed by atoms with van der Waals surface area (Å²) >= 11 is 0. The second-order valence-electron chi connectivity index (χ2n) is 8.08. The molecule has 2 aliphatic heterocycles. The fourth-order valence-electron chi connectivity index (χ4n) is 4.82. The summed E-state index contributed by atoms with van der Waals surface area (Å²) in [4.78, 5) is 11.4. The third kappa shape index (κ3) is 2.64. The van der Waals surface area contributed by atoms with Gasteiger partial charge in [-0.25, -0.2) is 13.9 Å². The first-order valence-corrected chi connectivity index (χ1v) is 10.1. The van der Waals surface area contributed by atoms with E-state index in [0.717, 1.165) is 54.0 Å². The molecular formula is C22H21FN6O. The summed E-state index contributed by atoms with van der Waals surface area (Å²) in [5, 5.41) is 8.83. The van der Waals surface area contributed by atoms with Crippen molar-refractivity contribution in [1.29, 1.82) is 0 Å². The van der Waals surface area contributed by atoms with E-state index in [0.29, 0.717) is 17.4 Å². The number of anilines is 1. The zero-order chi connectivity index (χ0) is 20.2. The Bertz CT molecular complexity index is 1260. The van der Waals surface area contributed by atoms with Crippen molar-refractivity contribution >= 4 is 22.2 Å². The van der Waals surface area contributed by atoms with Gasteiger partial charge in [0.15, 0.2) is 17.2 Å². The van der Waals surface area contributed by atoms with Gasteiger partial charge in [0.25, 0.3) is 0 Å². The van der Waals surface area contributed by atoms with E-state index >= 15 is 0 Å². The van der Waals surface area contributed by atoms with Gasteiger partial charge < -0.3 is 15.0 Å². The predicted octanol–water partition coefficient (Wildman–Crippen LogP) is 2.75. The van der Waals surface area contributed by atoms with Gasteiger partial charge in [-0.3, -0.25) is 4.98 Å². The van der Waals surface area contributed by atoms with Crippen molar-refractivity contribution in [3.05, 3.63) is 48.8 Å². The Morgan fingerprint density at radius 2 is 1.93 bits per heavy atom. The Morgan fingerprint density at radius 1 is 1.10 bits per heavy atom. The molecule has 152 valence electrons. The van der Waals surface area contributed by atoms with Crippen molar-refractivity contribution in [2.24, 2.45) is 11.8 Å². The van der Waals surface area contributed by atoms with E-state index in [1.54, 1.807) is 18.5 Å². The number of fused-ring (bicyclic) bond motifs is 3. The minimum absolute atomic E-state index is 0.192. The van der Waals surface area contributed by atoms with Crippen LogP contribution in [0.3, 0.4) is 0 Å². The number of ether oxygens (including phenoxy) is 1. The number of methoxy groups -OCH3 is 1. The Balaban J connectivity index is 1.42. The Morgan fingerprint density at radius 3 is 2.73 bits per heavy atom. The SMILES string of the molecule is COc1cc2c(-c3cnn4cc(N5C[C@H]6CNC[C@H]6C5)cnc34)ccnc2cc1F. The van der Waals surface area contributed by atoms with Crippen molar-refractivity contribution in [2.45, 2.75) is 0 Å². The molecule has 7 nitrogen and oxygen atoms in total. The molecule has 1 aromatic carbocycles. The molecular weight excluding hydrogens is 383 g/mol. The van der Waals surface area contributed by atoms with Crippen molar-refractivity contribution in [2.75, 3.05) is 38.2 Å². The van der Waals surface area contributed by atoms with E-state index in [4.69, 9.17) is 9.72 Å². The van der Waals surface area contributed by atoms with E-state index in [9.17, 15) is 4.39 Å². The average molecular weight is 404 g/mol. The number of nitrogens with one attached hydrogen (secondary N) is 1. The van der Waals surface area contributed by atoms with Gasteiger partial charge in [-0.15, -0.1) is 0 Å². The average Bonchev–Trinajstić information content (AvgIpc) is 3.47. The van der Waals surface area contributed by atoms with Crippen LogP contribution >= 0.6 is 0 Å². The van der Waals surface area contributed by atoms with E-state index in [1.165, 1.54) is 13.2 Å². The molecule has 2 saturated heterocycles. The molecule has 30 heavy (non-hydrogen) atoms. The highest BCUT2D eigenvalue weighted by Gasteiger charge is 2.36. The van der Waals surface area contributed by atoms with Crippen LogP contribution < -0.4 is 15.0 Å². The summed E-state index contributed by atoms with van der Waals surface area (Å²) in [5.74, 6) is 1.19. The van der Waals surface area contributed by atoms with Crippen LogP contribution in [0.2, 0.25) is 0 Å². The molecule has 0 spiro atoms. The fraction of sp³-hybridized carbons (Fsp3) is 0.318. The Labute approximate surface area is 172 Å². The zero-order valence-corrected chi connectivity index (χ0v) is 16.5. The van der Waals surface area contributed by atoms with Crippen molar-refractivity contribution in [3.63, 3.8) is 0 Å². The molecule has 6 rings (SSSR count). The first-order chi connectivity index (χ1) is 14.7. The topological polar surface area (TPSA) is 67.6 Å². The molecule has 2 atom stereocenters. The number of pyridine rings is 1. The third-order valence-electron chi connectivity index (χ3n) is 6.40. The highest BCUT2D eigenvalue weighted by molar-refractivity contribution is 5.98. The summed E-state index contributed by atoms with van der Waals surface area (Å²) in [6.45, 7) is 4.31. The Kier molecular flexibility index (Phi) is 3.89. The van der Waals surface area contributed by atoms with Crippen LogP contribution in [0.25, 0.3) is 27.7 Å². The molecule has 0 unspecified atom stereocenters. The lowest BCUT2D eigenvalue weighted by Gasteiger charge is -2.19. The van der Waals surface area contributed by atoms with Crippen LogP contribution in [0, 0.1) is 17.7 Å². The molecule has 5 heterocycles. The quantitative estimate of drug-likeness (QED) is 0.566. The molecule has 0 aliphatic carbocycles. The number of hydrogen-bond acceptors (Lipinski definition) is 6. The number of hydrogen-bond donors (Lipinski definition) is 1. The van der Waals surface area contributed by atoms with Crippen LogP contribution in [-0.4, -0.2) is 52.9 Å². The number of benzene rings is 1. The van der Waals surface area contributed by atoms with Gasteiger partial charge in [0.1, 0.15) is 0 Å². The molecule has 4 aromatic rings. The van der Waals surface area contributed by atoms with E-state index < -0.39 is 5.82 Å². The van der Waals surface area contributed by atoms with Crippen molar-refractivity contribution in [1.82, 2.24) is 24.9 Å². The summed E-state index contributed by atoms with van der Waals surface area (Å²) < 4.78 is 21.1. The summed E-state index contributed by atoms with van der Waals surface area (Å²) in [6.07, 6.45) is 7.46. The van der Waals surface area contributed by atoms with Gasteiger partial charge in [0, 0.05) is 49.4 Å². The fourth-order valence-corrected chi connectivity index (χ4v) is 4.82. The van der Waals surface area contributed by atoms with E-state index in [2.05, 4.69) is 20.3 Å². The molecule has 0 amide bonds. The standard InChI is InChI=1S/C22H21FN6O/c1-30-21-4-17-16(2-3-25-20(17)5-19(21)23)18-9-27-29-12-15(8-26-22(18)29)28-10-13-6-24-7-14(13)11-28/h2-5,8-9,12-14,24H,6-7,10-11H2,1H3/t13-,14+. The van der Waals surface area contributed by atoms with Gasteiger partial charge in [-0.05, 0) is 29.5 Å². The lowest BCUT2D eigenvalue weighted by molar-refractivity contribution is 0.387. The maximum absolute atomic E-state index is 14.1. The lowest BCUT2D eigenvalue weighted by Crippen LogP contribution is -2.25. The van der Waals surface area contributed by atoms with Gasteiger partial charge in [-0.2, -0.15) is 5.10 Å². The zero-order valence-electron chi connectivity index (χ0n) is 16.5. The molecule has 2 aliphatic rings. The number of halogens is 1. The monoisotopic (exact) mass is 404 g/mol. The smallest absolute Gasteiger partial charge is 0.167 e. The normalized spacial score (nSPS) is 20.9. The predicted molar refractivity (Wildman–Crippen MR) is 112 cm³/mol. The van der Waals surface area contributed by atoms with Gasteiger partial charge in [0.2, 0.25) is 0 Å². The minimum Gasteiger partial charge on any atom is -0.494 e. The lowest BCUT2D eigenvalue weighted by atomic mass is 10.0. The van der Waals surface area contributed by atoms with Gasteiger partial charge in [-0.1, -0.05) is 0 Å². The molecule has 1 N–H and O–H groups in total.